The van der Waals surface area contributed by atoms with Gasteiger partial charge in [-0.3, -0.25) is 9.36 Å². The molecule has 2 heterocycles. The second kappa shape index (κ2) is 11.6. The number of sulfonamides is 1. The van der Waals surface area contributed by atoms with Gasteiger partial charge in [-0.1, -0.05) is 43.3 Å². The number of carbonyl (C=O) groups is 1. The summed E-state index contributed by atoms with van der Waals surface area (Å²) in [5.74, 6) is 0.312. The zero-order valence-electron chi connectivity index (χ0n) is 18.1. The summed E-state index contributed by atoms with van der Waals surface area (Å²) in [6, 6.07) is 6.65. The highest BCUT2D eigenvalue weighted by Gasteiger charge is 2.27. The van der Waals surface area contributed by atoms with E-state index in [1.807, 2.05) is 6.92 Å². The van der Waals surface area contributed by atoms with Crippen molar-refractivity contribution in [3.8, 4) is 11.4 Å². The van der Waals surface area contributed by atoms with Gasteiger partial charge in [0.1, 0.15) is 0 Å². The predicted octanol–water partition coefficient (Wildman–Crippen LogP) is 2.59. The van der Waals surface area contributed by atoms with E-state index >= 15 is 0 Å². The molecular formula is C21H28N4O5S2. The first-order valence-electron chi connectivity index (χ1n) is 10.5. The van der Waals surface area contributed by atoms with Gasteiger partial charge in [0.05, 0.1) is 30.5 Å². The Kier molecular flexibility index (Phi) is 8.85. The molecule has 1 aliphatic heterocycles. The van der Waals surface area contributed by atoms with E-state index in [-0.39, 0.29) is 16.6 Å². The minimum atomic E-state index is -3.63. The Hall–Kier alpha value is -2.21. The van der Waals surface area contributed by atoms with Crippen molar-refractivity contribution in [2.45, 2.75) is 36.4 Å². The van der Waals surface area contributed by atoms with Gasteiger partial charge in [0.25, 0.3) is 0 Å². The van der Waals surface area contributed by atoms with Crippen molar-refractivity contribution in [2.24, 2.45) is 0 Å². The van der Waals surface area contributed by atoms with Gasteiger partial charge in [-0.05, 0) is 18.6 Å². The number of aromatic nitrogens is 3. The molecule has 0 bridgehead atoms. The highest BCUT2D eigenvalue weighted by atomic mass is 32.2. The molecule has 9 nitrogen and oxygen atoms in total. The van der Waals surface area contributed by atoms with Crippen molar-refractivity contribution in [1.29, 1.82) is 0 Å². The maximum absolute atomic E-state index is 13.0. The Labute approximate surface area is 192 Å². The van der Waals surface area contributed by atoms with Crippen molar-refractivity contribution >= 4 is 27.8 Å². The Morgan fingerprint density at radius 1 is 1.31 bits per heavy atom. The molecule has 1 saturated heterocycles. The molecule has 0 radical (unpaired) electrons. The average Bonchev–Trinajstić information content (AvgIpc) is 3.21. The van der Waals surface area contributed by atoms with Crippen LogP contribution in [0, 0.1) is 0 Å². The van der Waals surface area contributed by atoms with E-state index in [1.165, 1.54) is 16.1 Å². The van der Waals surface area contributed by atoms with Gasteiger partial charge in [-0.15, -0.1) is 16.8 Å². The summed E-state index contributed by atoms with van der Waals surface area (Å²) in [5.41, 5.74) is 0.617. The van der Waals surface area contributed by atoms with Gasteiger partial charge >= 0.3 is 5.97 Å². The fourth-order valence-corrected chi connectivity index (χ4v) is 5.33. The number of unbranched alkanes of at least 4 members (excludes halogenated alkanes) is 1. The SMILES string of the molecule is C=CCn1c(SCC(=O)OCCCC)nnc1-c1cccc(S(=O)(=O)N2CCOCC2)c1. The molecule has 2 aromatic rings. The highest BCUT2D eigenvalue weighted by molar-refractivity contribution is 7.99. The molecule has 0 unspecified atom stereocenters. The largest absolute Gasteiger partial charge is 0.465 e. The van der Waals surface area contributed by atoms with Crippen LogP contribution in [-0.4, -0.2) is 72.1 Å². The summed E-state index contributed by atoms with van der Waals surface area (Å²) in [6.45, 7) is 8.06. The Balaban J connectivity index is 1.81. The van der Waals surface area contributed by atoms with Crippen LogP contribution >= 0.6 is 11.8 Å². The number of carbonyl (C=O) groups excluding carboxylic acids is 1. The molecule has 0 aliphatic carbocycles. The maximum atomic E-state index is 13.0. The molecule has 0 atom stereocenters. The third-order valence-corrected chi connectivity index (χ3v) is 7.64. The number of nitrogens with zero attached hydrogens (tertiary/aromatic N) is 4. The number of hydrogen-bond acceptors (Lipinski definition) is 8. The van der Waals surface area contributed by atoms with Crippen LogP contribution in [0.25, 0.3) is 11.4 Å². The van der Waals surface area contributed by atoms with Gasteiger partial charge in [0, 0.05) is 25.2 Å². The second-order valence-corrected chi connectivity index (χ2v) is 9.99. The topological polar surface area (TPSA) is 104 Å². The molecule has 1 fully saturated rings. The lowest BCUT2D eigenvalue weighted by atomic mass is 10.2. The number of allylic oxidation sites excluding steroid dienone is 1. The molecule has 32 heavy (non-hydrogen) atoms. The summed E-state index contributed by atoms with van der Waals surface area (Å²) in [4.78, 5) is 12.1. The zero-order valence-corrected chi connectivity index (χ0v) is 19.7. The number of benzene rings is 1. The van der Waals surface area contributed by atoms with Crippen molar-refractivity contribution in [3.05, 3.63) is 36.9 Å². The van der Waals surface area contributed by atoms with Gasteiger partial charge in [0.2, 0.25) is 10.0 Å². The fourth-order valence-electron chi connectivity index (χ4n) is 3.13. The molecule has 174 valence electrons. The number of ether oxygens (including phenoxy) is 2. The Morgan fingerprint density at radius 3 is 2.81 bits per heavy atom. The van der Waals surface area contributed by atoms with E-state index in [9.17, 15) is 13.2 Å². The van der Waals surface area contributed by atoms with Crippen LogP contribution in [0.15, 0.2) is 47.0 Å². The van der Waals surface area contributed by atoms with E-state index in [4.69, 9.17) is 9.47 Å². The molecule has 1 aromatic carbocycles. The Bertz CT molecular complexity index is 1030. The van der Waals surface area contributed by atoms with E-state index in [2.05, 4.69) is 16.8 Å². The van der Waals surface area contributed by atoms with Gasteiger partial charge in [-0.25, -0.2) is 8.42 Å². The van der Waals surface area contributed by atoms with E-state index in [1.54, 1.807) is 34.9 Å². The van der Waals surface area contributed by atoms with Crippen molar-refractivity contribution in [2.75, 3.05) is 38.7 Å². The lowest BCUT2D eigenvalue weighted by molar-refractivity contribution is -0.140. The van der Waals surface area contributed by atoms with E-state index in [0.29, 0.717) is 56.0 Å². The zero-order chi connectivity index (χ0) is 23.0. The van der Waals surface area contributed by atoms with Crippen LogP contribution in [-0.2, 0) is 30.8 Å². The third kappa shape index (κ3) is 5.97. The smallest absolute Gasteiger partial charge is 0.316 e. The second-order valence-electron chi connectivity index (χ2n) is 7.11. The molecule has 1 aromatic heterocycles. The van der Waals surface area contributed by atoms with E-state index in [0.717, 1.165) is 12.8 Å². The van der Waals surface area contributed by atoms with Crippen LogP contribution in [0.1, 0.15) is 19.8 Å². The average molecular weight is 481 g/mol. The van der Waals surface area contributed by atoms with Crippen LogP contribution in [0.4, 0.5) is 0 Å². The van der Waals surface area contributed by atoms with Crippen LogP contribution < -0.4 is 0 Å². The van der Waals surface area contributed by atoms with Crippen LogP contribution in [0.5, 0.6) is 0 Å². The molecule has 0 amide bonds. The molecule has 0 spiro atoms. The van der Waals surface area contributed by atoms with Crippen molar-refractivity contribution in [1.82, 2.24) is 19.1 Å². The maximum Gasteiger partial charge on any atom is 0.316 e. The minimum absolute atomic E-state index is 0.116. The molecular weight excluding hydrogens is 452 g/mol. The molecule has 0 N–H and O–H groups in total. The quantitative estimate of drug-likeness (QED) is 0.209. The fraction of sp³-hybridized carbons (Fsp3) is 0.476. The van der Waals surface area contributed by atoms with E-state index < -0.39 is 10.0 Å². The summed E-state index contributed by atoms with van der Waals surface area (Å²) in [7, 11) is -3.63. The third-order valence-electron chi connectivity index (χ3n) is 4.81. The molecule has 0 saturated carbocycles. The van der Waals surface area contributed by atoms with Crippen molar-refractivity contribution in [3.63, 3.8) is 0 Å². The summed E-state index contributed by atoms with van der Waals surface area (Å²) in [6.07, 6.45) is 3.49. The number of thioether (sulfide) groups is 1. The van der Waals surface area contributed by atoms with Crippen LogP contribution in [0.2, 0.25) is 0 Å². The monoisotopic (exact) mass is 480 g/mol. The normalized spacial score (nSPS) is 14.9. The number of morpholine rings is 1. The number of hydrogen-bond donors (Lipinski definition) is 0. The summed E-state index contributed by atoms with van der Waals surface area (Å²) >= 11 is 1.23. The first-order valence-corrected chi connectivity index (χ1v) is 12.9. The Morgan fingerprint density at radius 2 is 2.09 bits per heavy atom. The van der Waals surface area contributed by atoms with Crippen LogP contribution in [0.3, 0.4) is 0 Å². The first kappa shape index (κ1) is 24.4. The van der Waals surface area contributed by atoms with Gasteiger partial charge in [-0.2, -0.15) is 4.31 Å². The highest BCUT2D eigenvalue weighted by Crippen LogP contribution is 2.27. The number of esters is 1. The molecule has 3 rings (SSSR count). The summed E-state index contributed by atoms with van der Waals surface area (Å²) in [5, 5.41) is 9.00. The standard InChI is InChI=1S/C21H28N4O5S2/c1-3-5-12-30-19(26)16-31-21-23-22-20(25(21)9-4-2)17-7-6-8-18(15-17)32(27,28)24-10-13-29-14-11-24/h4,6-8,15H,2-3,5,9-14,16H2,1H3. The molecule has 11 heteroatoms. The predicted molar refractivity (Wildman–Crippen MR) is 122 cm³/mol. The first-order chi connectivity index (χ1) is 15.5. The number of rotatable bonds is 11. The van der Waals surface area contributed by atoms with Gasteiger partial charge in [0.15, 0.2) is 11.0 Å². The van der Waals surface area contributed by atoms with Gasteiger partial charge < -0.3 is 9.47 Å². The minimum Gasteiger partial charge on any atom is -0.465 e. The lowest BCUT2D eigenvalue weighted by Crippen LogP contribution is -2.40. The summed E-state index contributed by atoms with van der Waals surface area (Å²) < 4.78 is 39.7. The van der Waals surface area contributed by atoms with Crippen molar-refractivity contribution < 1.29 is 22.7 Å². The lowest BCUT2D eigenvalue weighted by Gasteiger charge is -2.26. The molecule has 1 aliphatic rings.